The van der Waals surface area contributed by atoms with Crippen molar-refractivity contribution in [2.75, 3.05) is 25.5 Å². The number of hydrogen-bond acceptors (Lipinski definition) is 2. The van der Waals surface area contributed by atoms with Gasteiger partial charge in [-0.3, -0.25) is 0 Å². The Labute approximate surface area is 85.2 Å². The third-order valence-electron chi connectivity index (χ3n) is 1.30. The fourth-order valence-electron chi connectivity index (χ4n) is 0.768. The first kappa shape index (κ1) is 15.8. The van der Waals surface area contributed by atoms with Gasteiger partial charge in [0.2, 0.25) is 0 Å². The molecule has 0 bridgehead atoms. The van der Waals surface area contributed by atoms with Gasteiger partial charge in [0, 0.05) is 13.2 Å². The fourth-order valence-corrected chi connectivity index (χ4v) is 1.27. The van der Waals surface area contributed by atoms with E-state index in [1.165, 1.54) is 20.9 Å². The normalized spacial score (nSPS) is 9.69. The van der Waals surface area contributed by atoms with Crippen molar-refractivity contribution in [1.82, 2.24) is 0 Å². The lowest BCUT2D eigenvalue weighted by Gasteiger charge is -2.09. The first-order valence-corrected chi connectivity index (χ1v) is 6.58. The molecule has 3 heteroatoms. The van der Waals surface area contributed by atoms with Crippen LogP contribution in [-0.2, 0) is 9.47 Å². The molecule has 0 aliphatic carbocycles. The van der Waals surface area contributed by atoms with E-state index in [1.54, 1.807) is 0 Å². The second-order valence-electron chi connectivity index (χ2n) is 2.44. The average molecular weight is 208 g/mol. The molecule has 0 spiro atoms. The van der Waals surface area contributed by atoms with Crippen LogP contribution < -0.4 is 0 Å². The summed E-state index contributed by atoms with van der Waals surface area (Å²) in [6.45, 7) is 11.7. The zero-order valence-electron chi connectivity index (χ0n) is 9.72. The minimum Gasteiger partial charge on any atom is -0.353 e. The summed E-state index contributed by atoms with van der Waals surface area (Å²) >= 11 is 0. The molecule has 0 radical (unpaired) electrons. The van der Waals surface area contributed by atoms with Gasteiger partial charge in [0.05, 0.1) is 0 Å². The van der Waals surface area contributed by atoms with Crippen LogP contribution in [0.4, 0.5) is 0 Å². The maximum Gasteiger partial charge on any atom is 0.154 e. The Morgan fingerprint density at radius 2 is 1.31 bits per heavy atom. The summed E-state index contributed by atoms with van der Waals surface area (Å²) < 4.78 is 10.1. The SMILES string of the molecule is CCOC(C)OCC.CCPCC. The molecule has 0 atom stereocenters. The van der Waals surface area contributed by atoms with Gasteiger partial charge in [-0.15, -0.1) is 8.58 Å². The van der Waals surface area contributed by atoms with E-state index in [0.717, 1.165) is 13.2 Å². The second kappa shape index (κ2) is 14.9. The van der Waals surface area contributed by atoms with E-state index in [0.29, 0.717) is 0 Å². The van der Waals surface area contributed by atoms with E-state index in [9.17, 15) is 0 Å². The zero-order valence-corrected chi connectivity index (χ0v) is 10.7. The smallest absolute Gasteiger partial charge is 0.154 e. The van der Waals surface area contributed by atoms with Crippen LogP contribution in [0.1, 0.15) is 34.6 Å². The van der Waals surface area contributed by atoms with Crippen LogP contribution in [0.5, 0.6) is 0 Å². The first-order valence-electron chi connectivity index (χ1n) is 5.16. The Morgan fingerprint density at radius 1 is 0.923 bits per heavy atom. The van der Waals surface area contributed by atoms with Crippen LogP contribution in [0.25, 0.3) is 0 Å². The third kappa shape index (κ3) is 19.0. The van der Waals surface area contributed by atoms with Crippen molar-refractivity contribution in [3.05, 3.63) is 0 Å². The van der Waals surface area contributed by atoms with Crippen molar-refractivity contribution in [3.63, 3.8) is 0 Å². The summed E-state index contributed by atoms with van der Waals surface area (Å²) in [5, 5.41) is 0. The minimum absolute atomic E-state index is 0.0370. The lowest BCUT2D eigenvalue weighted by Crippen LogP contribution is -2.11. The van der Waals surface area contributed by atoms with Gasteiger partial charge in [0.25, 0.3) is 0 Å². The predicted octanol–water partition coefficient (Wildman–Crippen LogP) is 3.11. The molecule has 0 fully saturated rings. The highest BCUT2D eigenvalue weighted by molar-refractivity contribution is 7.37. The van der Waals surface area contributed by atoms with Gasteiger partial charge in [-0.1, -0.05) is 13.8 Å². The van der Waals surface area contributed by atoms with Crippen molar-refractivity contribution in [3.8, 4) is 0 Å². The number of rotatable bonds is 6. The predicted molar refractivity (Wildman–Crippen MR) is 62.1 cm³/mol. The molecule has 0 aromatic heterocycles. The molecule has 0 rings (SSSR count). The fraction of sp³-hybridized carbons (Fsp3) is 1.00. The standard InChI is InChI=1S/C6H14O2.C4H11P/c1-4-7-6(3)8-5-2;1-3-5-4-2/h6H,4-5H2,1-3H3;5H,3-4H2,1-2H3. The molecule has 0 aromatic carbocycles. The highest BCUT2D eigenvalue weighted by atomic mass is 31.1. The van der Waals surface area contributed by atoms with E-state index < -0.39 is 0 Å². The molecular weight excluding hydrogens is 183 g/mol. The first-order chi connectivity index (χ1) is 6.22. The third-order valence-corrected chi connectivity index (χ3v) is 2.30. The average Bonchev–Trinajstić information content (AvgIpc) is 2.08. The summed E-state index contributed by atoms with van der Waals surface area (Å²) in [5.41, 5.74) is 0. The zero-order chi connectivity index (χ0) is 10.5. The highest BCUT2D eigenvalue weighted by Crippen LogP contribution is 2.03. The largest absolute Gasteiger partial charge is 0.353 e. The Kier molecular flexibility index (Phi) is 18.1. The van der Waals surface area contributed by atoms with Crippen molar-refractivity contribution in [1.29, 1.82) is 0 Å². The summed E-state index contributed by atoms with van der Waals surface area (Å²) in [4.78, 5) is 0. The van der Waals surface area contributed by atoms with Crippen molar-refractivity contribution < 1.29 is 9.47 Å². The summed E-state index contributed by atoms with van der Waals surface area (Å²) in [6.07, 6.45) is 2.71. The van der Waals surface area contributed by atoms with Crippen LogP contribution in [0, 0.1) is 0 Å². The Hall–Kier alpha value is 0.350. The monoisotopic (exact) mass is 208 g/mol. The minimum atomic E-state index is -0.0370. The molecule has 0 unspecified atom stereocenters. The summed E-state index contributed by atoms with van der Waals surface area (Å²) in [7, 11) is 1.20. The van der Waals surface area contributed by atoms with Crippen LogP contribution in [0.2, 0.25) is 0 Å². The second-order valence-corrected chi connectivity index (χ2v) is 4.35. The Bertz CT molecular complexity index is 71.3. The lowest BCUT2D eigenvalue weighted by molar-refractivity contribution is -0.123. The molecule has 2 nitrogen and oxygen atoms in total. The van der Waals surface area contributed by atoms with E-state index in [-0.39, 0.29) is 6.29 Å². The summed E-state index contributed by atoms with van der Waals surface area (Å²) in [5.74, 6) is 0. The van der Waals surface area contributed by atoms with Crippen LogP contribution in [0.3, 0.4) is 0 Å². The van der Waals surface area contributed by atoms with E-state index in [2.05, 4.69) is 13.8 Å². The van der Waals surface area contributed by atoms with Gasteiger partial charge in [0.1, 0.15) is 0 Å². The van der Waals surface area contributed by atoms with Crippen LogP contribution >= 0.6 is 8.58 Å². The molecule has 0 aromatic rings. The van der Waals surface area contributed by atoms with Crippen LogP contribution in [0.15, 0.2) is 0 Å². The summed E-state index contributed by atoms with van der Waals surface area (Å²) in [6, 6.07) is 0. The highest BCUT2D eigenvalue weighted by Gasteiger charge is 1.94. The van der Waals surface area contributed by atoms with Crippen molar-refractivity contribution in [2.45, 2.75) is 40.9 Å². The van der Waals surface area contributed by atoms with Gasteiger partial charge < -0.3 is 9.47 Å². The number of ether oxygens (including phenoxy) is 2. The molecular formula is C10H25O2P. The van der Waals surface area contributed by atoms with Crippen molar-refractivity contribution >= 4 is 8.58 Å². The molecule has 13 heavy (non-hydrogen) atoms. The topological polar surface area (TPSA) is 18.5 Å². The van der Waals surface area contributed by atoms with Gasteiger partial charge in [0.15, 0.2) is 6.29 Å². The molecule has 0 aliphatic rings. The lowest BCUT2D eigenvalue weighted by atomic mass is 10.7. The van der Waals surface area contributed by atoms with E-state index in [1.807, 2.05) is 20.8 Å². The van der Waals surface area contributed by atoms with Crippen molar-refractivity contribution in [2.24, 2.45) is 0 Å². The molecule has 0 amide bonds. The van der Waals surface area contributed by atoms with Gasteiger partial charge in [-0.2, -0.15) is 0 Å². The molecule has 0 saturated heterocycles. The molecule has 0 saturated carbocycles. The Morgan fingerprint density at radius 3 is 1.46 bits per heavy atom. The maximum absolute atomic E-state index is 5.06. The van der Waals surface area contributed by atoms with E-state index in [4.69, 9.17) is 9.47 Å². The Balaban J connectivity index is 0. The van der Waals surface area contributed by atoms with Crippen LogP contribution in [-0.4, -0.2) is 31.8 Å². The van der Waals surface area contributed by atoms with Gasteiger partial charge in [-0.25, -0.2) is 0 Å². The number of hydrogen-bond donors (Lipinski definition) is 0. The molecule has 0 aliphatic heterocycles. The molecule has 0 N–H and O–H groups in total. The van der Waals surface area contributed by atoms with Gasteiger partial charge >= 0.3 is 0 Å². The maximum atomic E-state index is 5.06. The van der Waals surface area contributed by atoms with Gasteiger partial charge in [-0.05, 0) is 33.1 Å². The molecule has 82 valence electrons. The van der Waals surface area contributed by atoms with E-state index >= 15 is 0 Å². The quantitative estimate of drug-likeness (QED) is 0.493. The molecule has 0 heterocycles.